The molecule has 1 aromatic carbocycles. The SMILES string of the molecule is CC(C)(C)NCCCN1CCCCc2ccccc21. The van der Waals surface area contributed by atoms with Gasteiger partial charge in [-0.25, -0.2) is 0 Å². The minimum Gasteiger partial charge on any atom is -0.371 e. The van der Waals surface area contributed by atoms with Gasteiger partial charge in [-0.05, 0) is 64.6 Å². The Kier molecular flexibility index (Phi) is 4.87. The minimum atomic E-state index is 0.233. The number of hydrogen-bond acceptors (Lipinski definition) is 2. The summed E-state index contributed by atoms with van der Waals surface area (Å²) in [5, 5.41) is 3.57. The van der Waals surface area contributed by atoms with Crippen LogP contribution in [0.4, 0.5) is 5.69 Å². The summed E-state index contributed by atoms with van der Waals surface area (Å²) in [4.78, 5) is 2.58. The number of para-hydroxylation sites is 1. The molecule has 1 N–H and O–H groups in total. The highest BCUT2D eigenvalue weighted by Gasteiger charge is 2.14. The molecule has 1 aromatic rings. The van der Waals surface area contributed by atoms with Gasteiger partial charge in [0.1, 0.15) is 0 Å². The monoisotopic (exact) mass is 260 g/mol. The van der Waals surface area contributed by atoms with Crippen molar-refractivity contribution in [2.24, 2.45) is 0 Å². The molecule has 2 heteroatoms. The van der Waals surface area contributed by atoms with E-state index in [1.165, 1.54) is 50.0 Å². The van der Waals surface area contributed by atoms with Gasteiger partial charge in [0.25, 0.3) is 0 Å². The average molecular weight is 260 g/mol. The van der Waals surface area contributed by atoms with Crippen molar-refractivity contribution in [2.45, 2.75) is 52.0 Å². The zero-order valence-electron chi connectivity index (χ0n) is 12.7. The first kappa shape index (κ1) is 14.4. The van der Waals surface area contributed by atoms with Crippen LogP contribution in [-0.4, -0.2) is 25.2 Å². The zero-order valence-corrected chi connectivity index (χ0v) is 12.7. The number of nitrogens with zero attached hydrogens (tertiary/aromatic N) is 1. The van der Waals surface area contributed by atoms with Gasteiger partial charge in [0.2, 0.25) is 0 Å². The number of anilines is 1. The predicted molar refractivity (Wildman–Crippen MR) is 84.0 cm³/mol. The van der Waals surface area contributed by atoms with Gasteiger partial charge in [0, 0.05) is 24.3 Å². The Morgan fingerprint density at radius 2 is 1.95 bits per heavy atom. The van der Waals surface area contributed by atoms with Crippen LogP contribution in [0.3, 0.4) is 0 Å². The first-order valence-corrected chi connectivity index (χ1v) is 7.64. The first-order valence-electron chi connectivity index (χ1n) is 7.64. The van der Waals surface area contributed by atoms with Crippen LogP contribution in [0, 0.1) is 0 Å². The molecule has 1 aliphatic rings. The van der Waals surface area contributed by atoms with Crippen molar-refractivity contribution in [2.75, 3.05) is 24.5 Å². The highest BCUT2D eigenvalue weighted by atomic mass is 15.1. The summed E-state index contributed by atoms with van der Waals surface area (Å²) in [5.41, 5.74) is 3.23. The van der Waals surface area contributed by atoms with Crippen molar-refractivity contribution in [3.8, 4) is 0 Å². The lowest BCUT2D eigenvalue weighted by Gasteiger charge is -2.26. The third kappa shape index (κ3) is 4.54. The maximum absolute atomic E-state index is 3.57. The Balaban J connectivity index is 1.90. The van der Waals surface area contributed by atoms with Crippen molar-refractivity contribution in [3.05, 3.63) is 29.8 Å². The first-order chi connectivity index (χ1) is 9.06. The number of aryl methyl sites for hydroxylation is 1. The molecule has 2 nitrogen and oxygen atoms in total. The summed E-state index contributed by atoms with van der Waals surface area (Å²) in [7, 11) is 0. The van der Waals surface area contributed by atoms with Crippen LogP contribution in [0.1, 0.15) is 45.6 Å². The van der Waals surface area contributed by atoms with Crippen LogP contribution < -0.4 is 10.2 Å². The Morgan fingerprint density at radius 3 is 2.74 bits per heavy atom. The van der Waals surface area contributed by atoms with E-state index in [0.29, 0.717) is 0 Å². The molecular formula is C17H28N2. The quantitative estimate of drug-likeness (QED) is 0.832. The van der Waals surface area contributed by atoms with Gasteiger partial charge in [-0.3, -0.25) is 0 Å². The molecule has 0 saturated heterocycles. The number of benzene rings is 1. The molecule has 0 unspecified atom stereocenters. The molecule has 0 aliphatic carbocycles. The Bertz CT molecular complexity index is 392. The van der Waals surface area contributed by atoms with E-state index in [1.807, 2.05) is 0 Å². The molecule has 1 aliphatic heterocycles. The zero-order chi connectivity index (χ0) is 13.7. The summed E-state index contributed by atoms with van der Waals surface area (Å²) in [6.07, 6.45) is 5.10. The van der Waals surface area contributed by atoms with Crippen molar-refractivity contribution < 1.29 is 0 Å². The van der Waals surface area contributed by atoms with Crippen LogP contribution in [0.2, 0.25) is 0 Å². The molecule has 0 fully saturated rings. The molecule has 1 heterocycles. The van der Waals surface area contributed by atoms with Crippen molar-refractivity contribution in [1.29, 1.82) is 0 Å². The summed E-state index contributed by atoms with van der Waals surface area (Å²) in [6, 6.07) is 8.92. The highest BCUT2D eigenvalue weighted by Crippen LogP contribution is 2.25. The average Bonchev–Trinajstić information content (AvgIpc) is 2.56. The summed E-state index contributed by atoms with van der Waals surface area (Å²) in [6.45, 7) is 10.2. The highest BCUT2D eigenvalue weighted by molar-refractivity contribution is 5.54. The van der Waals surface area contributed by atoms with E-state index < -0.39 is 0 Å². The van der Waals surface area contributed by atoms with Gasteiger partial charge in [-0.1, -0.05) is 18.2 Å². The molecule has 0 amide bonds. The van der Waals surface area contributed by atoms with Gasteiger partial charge in [-0.15, -0.1) is 0 Å². The molecule has 2 rings (SSSR count). The van der Waals surface area contributed by atoms with Gasteiger partial charge < -0.3 is 10.2 Å². The maximum Gasteiger partial charge on any atom is 0.0398 e. The van der Waals surface area contributed by atoms with E-state index in [1.54, 1.807) is 0 Å². The van der Waals surface area contributed by atoms with Gasteiger partial charge in [0.05, 0.1) is 0 Å². The fourth-order valence-electron chi connectivity index (χ4n) is 2.73. The van der Waals surface area contributed by atoms with E-state index >= 15 is 0 Å². The summed E-state index contributed by atoms with van der Waals surface area (Å²) in [5.74, 6) is 0. The van der Waals surface area contributed by atoms with E-state index in [2.05, 4.69) is 55.3 Å². The van der Waals surface area contributed by atoms with E-state index in [-0.39, 0.29) is 5.54 Å². The van der Waals surface area contributed by atoms with Crippen molar-refractivity contribution in [1.82, 2.24) is 5.32 Å². The van der Waals surface area contributed by atoms with Crippen molar-refractivity contribution in [3.63, 3.8) is 0 Å². The third-order valence-electron chi connectivity index (χ3n) is 3.72. The lowest BCUT2D eigenvalue weighted by molar-refractivity contribution is 0.422. The fraction of sp³-hybridized carbons (Fsp3) is 0.647. The third-order valence-corrected chi connectivity index (χ3v) is 3.72. The Morgan fingerprint density at radius 1 is 1.16 bits per heavy atom. The molecule has 0 aromatic heterocycles. The van der Waals surface area contributed by atoms with Crippen LogP contribution in [0.5, 0.6) is 0 Å². The number of hydrogen-bond donors (Lipinski definition) is 1. The second kappa shape index (κ2) is 6.42. The number of rotatable bonds is 4. The van der Waals surface area contributed by atoms with Crippen LogP contribution in [0.25, 0.3) is 0 Å². The second-order valence-electron chi connectivity index (χ2n) is 6.60. The predicted octanol–water partition coefficient (Wildman–Crippen LogP) is 3.61. The summed E-state index contributed by atoms with van der Waals surface area (Å²) < 4.78 is 0. The topological polar surface area (TPSA) is 15.3 Å². The minimum absolute atomic E-state index is 0.233. The standard InChI is InChI=1S/C17H28N2/c1-17(2,3)18-12-8-14-19-13-7-6-10-15-9-4-5-11-16(15)19/h4-5,9,11,18H,6-8,10,12-14H2,1-3H3. The lowest BCUT2D eigenvalue weighted by atomic mass is 10.1. The maximum atomic E-state index is 3.57. The number of fused-ring (bicyclic) bond motifs is 1. The number of nitrogens with one attached hydrogen (secondary N) is 1. The largest absolute Gasteiger partial charge is 0.371 e. The Hall–Kier alpha value is -1.02. The molecule has 0 bridgehead atoms. The molecule has 0 radical (unpaired) electrons. The van der Waals surface area contributed by atoms with E-state index in [4.69, 9.17) is 0 Å². The molecule has 0 saturated carbocycles. The van der Waals surface area contributed by atoms with Crippen molar-refractivity contribution >= 4 is 5.69 Å². The normalized spacial score (nSPS) is 16.1. The molecule has 0 spiro atoms. The fourth-order valence-corrected chi connectivity index (χ4v) is 2.73. The van der Waals surface area contributed by atoms with Crippen LogP contribution in [0.15, 0.2) is 24.3 Å². The summed E-state index contributed by atoms with van der Waals surface area (Å²) >= 11 is 0. The van der Waals surface area contributed by atoms with Crippen LogP contribution in [-0.2, 0) is 6.42 Å². The van der Waals surface area contributed by atoms with E-state index in [0.717, 1.165) is 6.54 Å². The molecule has 106 valence electrons. The second-order valence-corrected chi connectivity index (χ2v) is 6.60. The van der Waals surface area contributed by atoms with Gasteiger partial charge >= 0.3 is 0 Å². The molecular weight excluding hydrogens is 232 g/mol. The lowest BCUT2D eigenvalue weighted by Crippen LogP contribution is -2.38. The van der Waals surface area contributed by atoms with Gasteiger partial charge in [0.15, 0.2) is 0 Å². The smallest absolute Gasteiger partial charge is 0.0398 e. The van der Waals surface area contributed by atoms with Crippen LogP contribution >= 0.6 is 0 Å². The molecule has 0 atom stereocenters. The molecule has 19 heavy (non-hydrogen) atoms. The Labute approximate surface area is 118 Å². The van der Waals surface area contributed by atoms with E-state index in [9.17, 15) is 0 Å². The van der Waals surface area contributed by atoms with Gasteiger partial charge in [-0.2, -0.15) is 0 Å².